The lowest BCUT2D eigenvalue weighted by Gasteiger charge is -2.04. The van der Waals surface area contributed by atoms with E-state index in [4.69, 9.17) is 11.6 Å². The van der Waals surface area contributed by atoms with Gasteiger partial charge in [-0.2, -0.15) is 0 Å². The first-order valence-corrected chi connectivity index (χ1v) is 7.48. The number of aryl methyl sites for hydroxylation is 1. The highest BCUT2D eigenvalue weighted by molar-refractivity contribution is 7.14. The van der Waals surface area contributed by atoms with Crippen molar-refractivity contribution in [1.82, 2.24) is 9.97 Å². The molecule has 1 aromatic carbocycles. The predicted molar refractivity (Wildman–Crippen MR) is 84.8 cm³/mol. The molecule has 0 aliphatic rings. The van der Waals surface area contributed by atoms with Crippen molar-refractivity contribution in [2.75, 3.05) is 5.32 Å². The van der Waals surface area contributed by atoms with Gasteiger partial charge in [0.2, 0.25) is 0 Å². The van der Waals surface area contributed by atoms with Crippen LogP contribution in [0.25, 0.3) is 11.3 Å². The van der Waals surface area contributed by atoms with Crippen molar-refractivity contribution in [3.63, 3.8) is 0 Å². The van der Waals surface area contributed by atoms with E-state index in [0.29, 0.717) is 10.7 Å². The van der Waals surface area contributed by atoms with Crippen molar-refractivity contribution in [3.8, 4) is 11.3 Å². The molecule has 21 heavy (non-hydrogen) atoms. The zero-order valence-corrected chi connectivity index (χ0v) is 12.7. The van der Waals surface area contributed by atoms with Gasteiger partial charge in [0.05, 0.1) is 5.69 Å². The fourth-order valence-corrected chi connectivity index (χ4v) is 2.69. The number of hydrogen-bond donors (Lipinski definition) is 1. The Morgan fingerprint density at radius 1 is 1.24 bits per heavy atom. The Kier molecular flexibility index (Phi) is 3.86. The summed E-state index contributed by atoms with van der Waals surface area (Å²) in [4.78, 5) is 8.53. The monoisotopic (exact) mass is 319 g/mol. The van der Waals surface area contributed by atoms with E-state index in [1.54, 1.807) is 31.3 Å². The highest BCUT2D eigenvalue weighted by atomic mass is 35.5. The number of nitrogens with one attached hydrogen (secondary N) is 1. The SMILES string of the molecule is Cc1cc(Nc2nc(-c3ccc(Cl)nc3)cs2)ccc1F. The molecule has 3 rings (SSSR count). The number of pyridine rings is 1. The number of hydrogen-bond acceptors (Lipinski definition) is 4. The lowest BCUT2D eigenvalue weighted by molar-refractivity contribution is 0.619. The summed E-state index contributed by atoms with van der Waals surface area (Å²) in [5, 5.41) is 6.30. The first-order valence-electron chi connectivity index (χ1n) is 6.22. The van der Waals surface area contributed by atoms with Gasteiger partial charge in [-0.1, -0.05) is 11.6 Å². The minimum absolute atomic E-state index is 0.215. The molecule has 0 aliphatic carbocycles. The van der Waals surface area contributed by atoms with E-state index in [9.17, 15) is 4.39 Å². The second-order valence-corrected chi connectivity index (χ2v) is 5.74. The molecule has 6 heteroatoms. The van der Waals surface area contributed by atoms with Gasteiger partial charge in [0, 0.05) is 22.8 Å². The Labute approximate surface area is 130 Å². The molecule has 0 spiro atoms. The van der Waals surface area contributed by atoms with Crippen LogP contribution in [0.3, 0.4) is 0 Å². The number of thiazole rings is 1. The molecular weight excluding hydrogens is 309 g/mol. The van der Waals surface area contributed by atoms with Gasteiger partial charge in [0.15, 0.2) is 5.13 Å². The molecule has 0 bridgehead atoms. The third-order valence-electron chi connectivity index (χ3n) is 2.94. The molecular formula is C15H11ClFN3S. The standard InChI is InChI=1S/C15H11ClFN3S/c1-9-6-11(3-4-12(9)17)19-15-20-13(8-21-15)10-2-5-14(16)18-7-10/h2-8H,1H3,(H,19,20). The number of rotatable bonds is 3. The van der Waals surface area contributed by atoms with E-state index in [-0.39, 0.29) is 5.82 Å². The van der Waals surface area contributed by atoms with Gasteiger partial charge >= 0.3 is 0 Å². The smallest absolute Gasteiger partial charge is 0.187 e. The summed E-state index contributed by atoms with van der Waals surface area (Å²) in [5.41, 5.74) is 3.13. The Balaban J connectivity index is 1.81. The number of aromatic nitrogens is 2. The van der Waals surface area contributed by atoms with E-state index in [1.165, 1.54) is 17.4 Å². The van der Waals surface area contributed by atoms with Crippen molar-refractivity contribution < 1.29 is 4.39 Å². The Bertz CT molecular complexity index is 771. The number of nitrogens with zero attached hydrogens (tertiary/aromatic N) is 2. The summed E-state index contributed by atoms with van der Waals surface area (Å²) in [6.07, 6.45) is 1.68. The molecule has 0 saturated carbocycles. The first-order chi connectivity index (χ1) is 10.1. The largest absolute Gasteiger partial charge is 0.332 e. The van der Waals surface area contributed by atoms with Crippen molar-refractivity contribution in [1.29, 1.82) is 0 Å². The van der Waals surface area contributed by atoms with Gasteiger partial charge in [-0.25, -0.2) is 14.4 Å². The average molecular weight is 320 g/mol. The quantitative estimate of drug-likeness (QED) is 0.686. The van der Waals surface area contributed by atoms with Crippen LogP contribution in [-0.4, -0.2) is 9.97 Å². The van der Waals surface area contributed by atoms with Gasteiger partial charge in [0.25, 0.3) is 0 Å². The van der Waals surface area contributed by atoms with Crippen LogP contribution in [0.2, 0.25) is 5.15 Å². The van der Waals surface area contributed by atoms with E-state index in [0.717, 1.165) is 22.1 Å². The topological polar surface area (TPSA) is 37.8 Å². The molecule has 3 nitrogen and oxygen atoms in total. The van der Waals surface area contributed by atoms with Crippen LogP contribution in [0, 0.1) is 12.7 Å². The fourth-order valence-electron chi connectivity index (χ4n) is 1.84. The molecule has 0 amide bonds. The maximum atomic E-state index is 13.2. The molecule has 0 radical (unpaired) electrons. The Morgan fingerprint density at radius 3 is 2.81 bits per heavy atom. The number of benzene rings is 1. The highest BCUT2D eigenvalue weighted by Gasteiger charge is 2.06. The van der Waals surface area contributed by atoms with Gasteiger partial charge < -0.3 is 5.32 Å². The van der Waals surface area contributed by atoms with Gasteiger partial charge in [0.1, 0.15) is 11.0 Å². The minimum Gasteiger partial charge on any atom is -0.332 e. The number of halogens is 2. The van der Waals surface area contributed by atoms with Gasteiger partial charge in [-0.05, 0) is 42.8 Å². The van der Waals surface area contributed by atoms with E-state index < -0.39 is 0 Å². The van der Waals surface area contributed by atoms with Crippen LogP contribution in [0.4, 0.5) is 15.2 Å². The van der Waals surface area contributed by atoms with Crippen LogP contribution in [0.15, 0.2) is 41.9 Å². The van der Waals surface area contributed by atoms with E-state index in [1.807, 2.05) is 11.4 Å². The molecule has 0 saturated heterocycles. The normalized spacial score (nSPS) is 10.6. The van der Waals surface area contributed by atoms with Crippen LogP contribution in [0.5, 0.6) is 0 Å². The molecule has 0 atom stereocenters. The van der Waals surface area contributed by atoms with Crippen LogP contribution in [0.1, 0.15) is 5.56 Å². The molecule has 3 aromatic rings. The fraction of sp³-hybridized carbons (Fsp3) is 0.0667. The molecule has 0 fully saturated rings. The Hall–Kier alpha value is -1.98. The average Bonchev–Trinajstić information content (AvgIpc) is 2.92. The van der Waals surface area contributed by atoms with E-state index >= 15 is 0 Å². The third kappa shape index (κ3) is 3.20. The lowest BCUT2D eigenvalue weighted by atomic mass is 10.2. The second-order valence-electron chi connectivity index (χ2n) is 4.50. The van der Waals surface area contributed by atoms with E-state index in [2.05, 4.69) is 15.3 Å². The summed E-state index contributed by atoms with van der Waals surface area (Å²) < 4.78 is 13.2. The predicted octanol–water partition coefficient (Wildman–Crippen LogP) is 5.05. The van der Waals surface area contributed by atoms with Crippen molar-refractivity contribution in [2.45, 2.75) is 6.92 Å². The lowest BCUT2D eigenvalue weighted by Crippen LogP contribution is -1.91. The zero-order chi connectivity index (χ0) is 14.8. The molecule has 106 valence electrons. The highest BCUT2D eigenvalue weighted by Crippen LogP contribution is 2.27. The zero-order valence-electron chi connectivity index (χ0n) is 11.1. The minimum atomic E-state index is -0.215. The Morgan fingerprint density at radius 2 is 2.10 bits per heavy atom. The maximum absolute atomic E-state index is 13.2. The van der Waals surface area contributed by atoms with Crippen molar-refractivity contribution in [2.24, 2.45) is 0 Å². The summed E-state index contributed by atoms with van der Waals surface area (Å²) in [6, 6.07) is 8.48. The van der Waals surface area contributed by atoms with Gasteiger partial charge in [-0.3, -0.25) is 0 Å². The summed E-state index contributed by atoms with van der Waals surface area (Å²) in [5.74, 6) is -0.215. The summed E-state index contributed by atoms with van der Waals surface area (Å²) in [7, 11) is 0. The summed E-state index contributed by atoms with van der Waals surface area (Å²) in [6.45, 7) is 1.73. The third-order valence-corrected chi connectivity index (χ3v) is 3.92. The van der Waals surface area contributed by atoms with Gasteiger partial charge in [-0.15, -0.1) is 11.3 Å². The van der Waals surface area contributed by atoms with Crippen LogP contribution < -0.4 is 5.32 Å². The maximum Gasteiger partial charge on any atom is 0.187 e. The molecule has 1 N–H and O–H groups in total. The summed E-state index contributed by atoms with van der Waals surface area (Å²) >= 11 is 7.24. The second kappa shape index (κ2) is 5.79. The first kappa shape index (κ1) is 14.0. The molecule has 0 aliphatic heterocycles. The number of anilines is 2. The van der Waals surface area contributed by atoms with Crippen LogP contribution in [-0.2, 0) is 0 Å². The van der Waals surface area contributed by atoms with Crippen LogP contribution >= 0.6 is 22.9 Å². The molecule has 0 unspecified atom stereocenters. The molecule has 2 aromatic heterocycles. The van der Waals surface area contributed by atoms with Crippen molar-refractivity contribution in [3.05, 3.63) is 58.4 Å². The van der Waals surface area contributed by atoms with Crippen molar-refractivity contribution >= 4 is 33.8 Å². The molecule has 2 heterocycles.